The van der Waals surface area contributed by atoms with Crippen LogP contribution in [0.3, 0.4) is 0 Å². The molecule has 0 bridgehead atoms. The summed E-state index contributed by atoms with van der Waals surface area (Å²) in [6, 6.07) is 5.38. The normalized spacial score (nSPS) is 9.57. The van der Waals surface area contributed by atoms with E-state index in [9.17, 15) is 0 Å². The molecule has 0 amide bonds. The number of hydrogen-bond acceptors (Lipinski definition) is 2. The third kappa shape index (κ3) is 2.47. The van der Waals surface area contributed by atoms with Gasteiger partial charge in [-0.2, -0.15) is 5.10 Å². The monoisotopic (exact) mass is 283 g/mol. The Labute approximate surface area is 111 Å². The molecule has 2 aromatic heterocycles. The number of aromatic nitrogens is 3. The highest BCUT2D eigenvalue weighted by Crippen LogP contribution is 2.17. The van der Waals surface area contributed by atoms with Crippen LogP contribution in [0.25, 0.3) is 5.82 Å². The molecule has 0 aliphatic heterocycles. The molecule has 2 heterocycles. The molecule has 2 aromatic rings. The number of hydrogen-bond donors (Lipinski definition) is 0. The van der Waals surface area contributed by atoms with Gasteiger partial charge in [0.2, 0.25) is 0 Å². The molecule has 14 heavy (non-hydrogen) atoms. The van der Waals surface area contributed by atoms with E-state index >= 15 is 0 Å². The van der Waals surface area contributed by atoms with Crippen LogP contribution in [0.1, 0.15) is 0 Å². The minimum atomic E-state index is 0. The van der Waals surface area contributed by atoms with Gasteiger partial charge in [0.05, 0.1) is 5.02 Å². The largest absolute Gasteiger partial charge is 0.316 e. The zero-order chi connectivity index (χ0) is 9.26. The average molecular weight is 285 g/mol. The molecule has 0 radical (unpaired) electrons. The zero-order valence-electron chi connectivity index (χ0n) is 6.48. The number of pyridine rings is 1. The molecule has 6 heteroatoms. The van der Waals surface area contributed by atoms with Gasteiger partial charge in [0.25, 0.3) is 0 Å². The summed E-state index contributed by atoms with van der Waals surface area (Å²) < 4.78 is 2.38. The summed E-state index contributed by atoms with van der Waals surface area (Å²) in [5.74, 6) is 0.634. The van der Waals surface area contributed by atoms with Crippen molar-refractivity contribution in [1.29, 1.82) is 0 Å². The van der Waals surface area contributed by atoms with E-state index in [1.165, 1.54) is 0 Å². The lowest BCUT2D eigenvalue weighted by Gasteiger charge is -2.00. The molecule has 0 unspecified atom stereocenters. The molecule has 0 spiro atoms. The van der Waals surface area contributed by atoms with E-state index < -0.39 is 0 Å². The van der Waals surface area contributed by atoms with E-state index in [-0.39, 0.29) is 23.1 Å². The summed E-state index contributed by atoms with van der Waals surface area (Å²) in [5, 5.41) is 4.71. The van der Waals surface area contributed by atoms with E-state index in [1.54, 1.807) is 29.2 Å². The summed E-state index contributed by atoms with van der Waals surface area (Å²) in [6.07, 6.45) is 3.47. The predicted molar refractivity (Wildman–Crippen MR) is 62.6 cm³/mol. The standard InChI is InChI=1S/C8H5BrClN3.Mg.2H/c9-7-3-5-13(12-7)8-6(10)2-1-4-11-8;;;/h1-5H;;;. The maximum absolute atomic E-state index is 5.93. The van der Waals surface area contributed by atoms with E-state index in [2.05, 4.69) is 26.0 Å². The molecule has 3 nitrogen and oxygen atoms in total. The molecule has 70 valence electrons. The van der Waals surface area contributed by atoms with Crippen molar-refractivity contribution in [2.45, 2.75) is 0 Å². The molecule has 0 fully saturated rings. The molecule has 0 aliphatic carbocycles. The first-order valence-electron chi connectivity index (χ1n) is 3.59. The Hall–Kier alpha value is -0.104. The molecule has 0 saturated carbocycles. The Morgan fingerprint density at radius 1 is 1.36 bits per heavy atom. The van der Waals surface area contributed by atoms with Crippen LogP contribution in [0.2, 0.25) is 5.02 Å². The van der Waals surface area contributed by atoms with Crippen molar-refractivity contribution in [2.24, 2.45) is 0 Å². The van der Waals surface area contributed by atoms with Gasteiger partial charge in [-0.25, -0.2) is 9.67 Å². The lowest BCUT2D eigenvalue weighted by molar-refractivity contribution is 0.839. The van der Waals surface area contributed by atoms with Crippen LogP contribution in [-0.2, 0) is 0 Å². The van der Waals surface area contributed by atoms with Crippen LogP contribution in [0, 0.1) is 0 Å². The van der Waals surface area contributed by atoms with Crippen LogP contribution in [-0.4, -0.2) is 37.8 Å². The Morgan fingerprint density at radius 2 is 2.14 bits per heavy atom. The summed E-state index contributed by atoms with van der Waals surface area (Å²) in [6.45, 7) is 0. The van der Waals surface area contributed by atoms with E-state index in [0.717, 1.165) is 4.60 Å². The molecule has 2 rings (SSSR count). The van der Waals surface area contributed by atoms with Gasteiger partial charge in [-0.3, -0.25) is 0 Å². The molecular weight excluding hydrogens is 278 g/mol. The Kier molecular flexibility index (Phi) is 4.37. The average Bonchev–Trinajstić information content (AvgIpc) is 2.53. The highest BCUT2D eigenvalue weighted by Gasteiger charge is 2.03. The van der Waals surface area contributed by atoms with Crippen LogP contribution in [0.5, 0.6) is 0 Å². The molecule has 0 aromatic carbocycles. The second kappa shape index (κ2) is 5.11. The maximum atomic E-state index is 5.93. The molecule has 0 atom stereocenters. The zero-order valence-corrected chi connectivity index (χ0v) is 8.83. The van der Waals surface area contributed by atoms with Crippen molar-refractivity contribution in [3.63, 3.8) is 0 Å². The van der Waals surface area contributed by atoms with E-state index in [4.69, 9.17) is 11.6 Å². The van der Waals surface area contributed by atoms with Gasteiger partial charge in [-0.05, 0) is 34.1 Å². The molecule has 0 aliphatic rings. The second-order valence-corrected chi connectivity index (χ2v) is 3.61. The number of nitrogens with zero attached hydrogens (tertiary/aromatic N) is 3. The van der Waals surface area contributed by atoms with Crippen LogP contribution in [0.4, 0.5) is 0 Å². The lowest BCUT2D eigenvalue weighted by Crippen LogP contribution is -1.98. The quantitative estimate of drug-likeness (QED) is 0.747. The second-order valence-electron chi connectivity index (χ2n) is 2.39. The molecule has 0 saturated heterocycles. The van der Waals surface area contributed by atoms with Crippen molar-refractivity contribution in [1.82, 2.24) is 14.8 Å². The number of rotatable bonds is 1. The van der Waals surface area contributed by atoms with Crippen LogP contribution >= 0.6 is 27.5 Å². The topological polar surface area (TPSA) is 30.7 Å². The highest BCUT2D eigenvalue weighted by atomic mass is 79.9. The SMILES string of the molecule is Clc1cccnc1-n1ccc(Br)n1.[MgH2]. The fourth-order valence-electron chi connectivity index (χ4n) is 0.966. The smallest absolute Gasteiger partial charge is 0.236 e. The third-order valence-electron chi connectivity index (χ3n) is 1.51. The summed E-state index contributed by atoms with van der Waals surface area (Å²) in [4.78, 5) is 4.11. The van der Waals surface area contributed by atoms with Gasteiger partial charge >= 0.3 is 23.1 Å². The van der Waals surface area contributed by atoms with Crippen molar-refractivity contribution in [2.75, 3.05) is 0 Å². The van der Waals surface area contributed by atoms with Gasteiger partial charge in [-0.1, -0.05) is 11.6 Å². The van der Waals surface area contributed by atoms with Gasteiger partial charge < -0.3 is 0 Å². The van der Waals surface area contributed by atoms with Crippen molar-refractivity contribution >= 4 is 50.6 Å². The van der Waals surface area contributed by atoms with E-state index in [1.807, 2.05) is 6.07 Å². The summed E-state index contributed by atoms with van der Waals surface area (Å²) >= 11 is 9.18. The van der Waals surface area contributed by atoms with Crippen LogP contribution < -0.4 is 0 Å². The minimum absolute atomic E-state index is 0. The fourth-order valence-corrected chi connectivity index (χ4v) is 1.46. The van der Waals surface area contributed by atoms with Gasteiger partial charge in [-0.15, -0.1) is 0 Å². The fraction of sp³-hybridized carbons (Fsp3) is 0. The highest BCUT2D eigenvalue weighted by molar-refractivity contribution is 9.10. The molecular formula is C8H7BrClMgN3. The first-order chi connectivity index (χ1) is 6.27. The van der Waals surface area contributed by atoms with Gasteiger partial charge in [0, 0.05) is 12.4 Å². The van der Waals surface area contributed by atoms with Crippen LogP contribution in [0.15, 0.2) is 35.2 Å². The minimum Gasteiger partial charge on any atom is -0.236 e. The van der Waals surface area contributed by atoms with Crippen molar-refractivity contribution in [3.05, 3.63) is 40.2 Å². The Morgan fingerprint density at radius 3 is 2.71 bits per heavy atom. The number of halogens is 2. The summed E-state index contributed by atoms with van der Waals surface area (Å²) in [5.41, 5.74) is 0. The van der Waals surface area contributed by atoms with E-state index in [0.29, 0.717) is 10.8 Å². The first-order valence-corrected chi connectivity index (χ1v) is 4.76. The van der Waals surface area contributed by atoms with Gasteiger partial charge in [0.1, 0.15) is 4.60 Å². The third-order valence-corrected chi connectivity index (χ3v) is 2.23. The summed E-state index contributed by atoms with van der Waals surface area (Å²) in [7, 11) is 0. The van der Waals surface area contributed by atoms with Crippen molar-refractivity contribution in [3.8, 4) is 5.82 Å². The van der Waals surface area contributed by atoms with Gasteiger partial charge in [0.15, 0.2) is 5.82 Å². The first kappa shape index (κ1) is 12.0. The molecule has 0 N–H and O–H groups in total. The Bertz CT molecular complexity index is 432. The predicted octanol–water partition coefficient (Wildman–Crippen LogP) is 1.77. The van der Waals surface area contributed by atoms with Crippen molar-refractivity contribution < 1.29 is 0 Å². The Balaban J connectivity index is 0.000000980. The lowest BCUT2D eigenvalue weighted by atomic mass is 10.4. The maximum Gasteiger partial charge on any atom is 0.316 e.